The molecule has 3 aliphatic rings. The van der Waals surface area contributed by atoms with E-state index in [1.54, 1.807) is 0 Å². The first kappa shape index (κ1) is 18.9. The van der Waals surface area contributed by atoms with Crippen molar-refractivity contribution >= 4 is 29.0 Å². The number of fused-ring (bicyclic) bond motifs is 1. The van der Waals surface area contributed by atoms with Crippen LogP contribution in [0.3, 0.4) is 0 Å². The second kappa shape index (κ2) is 7.54. The Morgan fingerprint density at radius 2 is 1.86 bits per heavy atom. The zero-order chi connectivity index (χ0) is 19.7. The maximum atomic E-state index is 13.0. The summed E-state index contributed by atoms with van der Waals surface area (Å²) in [7, 11) is 0. The molecule has 2 amide bonds. The Balaban J connectivity index is 1.45. The molecule has 3 N–H and O–H groups in total. The molecule has 3 aliphatic heterocycles. The number of carbonyl (C=O) groups excluding carboxylic acids is 3. The van der Waals surface area contributed by atoms with Gasteiger partial charge in [0.1, 0.15) is 0 Å². The van der Waals surface area contributed by atoms with Gasteiger partial charge in [-0.05, 0) is 63.4 Å². The third kappa shape index (κ3) is 3.39. The van der Waals surface area contributed by atoms with Crippen LogP contribution in [-0.2, 0) is 14.4 Å². The number of hydrogen-bond acceptors (Lipinski definition) is 5. The number of nitrogens with one attached hydrogen (secondary N) is 3. The van der Waals surface area contributed by atoms with Crippen molar-refractivity contribution in [2.45, 2.75) is 38.6 Å². The van der Waals surface area contributed by atoms with Gasteiger partial charge in [0.2, 0.25) is 11.8 Å². The molecule has 4 rings (SSSR count). The number of anilines is 2. The van der Waals surface area contributed by atoms with Crippen LogP contribution in [0.2, 0.25) is 0 Å². The molecule has 0 radical (unpaired) electrons. The summed E-state index contributed by atoms with van der Waals surface area (Å²) in [5.41, 5.74) is 0.986. The Morgan fingerprint density at radius 1 is 1.14 bits per heavy atom. The SMILES string of the molecule is CC12CNCCC1NC(=O)C(C(=O)Nc1ccc(N3CCCCC3)cc1)C2=O. The topological polar surface area (TPSA) is 90.5 Å². The van der Waals surface area contributed by atoms with Crippen molar-refractivity contribution < 1.29 is 14.4 Å². The number of nitrogens with zero attached hydrogens (tertiary/aromatic N) is 1. The first-order chi connectivity index (χ1) is 13.5. The molecule has 3 atom stereocenters. The van der Waals surface area contributed by atoms with Gasteiger partial charge in [-0.25, -0.2) is 0 Å². The van der Waals surface area contributed by atoms with Gasteiger partial charge in [0.15, 0.2) is 11.7 Å². The van der Waals surface area contributed by atoms with Crippen molar-refractivity contribution in [3.05, 3.63) is 24.3 Å². The van der Waals surface area contributed by atoms with E-state index in [0.717, 1.165) is 25.3 Å². The molecular weight excluding hydrogens is 356 g/mol. The van der Waals surface area contributed by atoms with Crippen LogP contribution in [0.1, 0.15) is 32.6 Å². The Kier molecular flexibility index (Phi) is 5.10. The molecule has 3 heterocycles. The fraction of sp³-hybridized carbons (Fsp3) is 0.571. The van der Waals surface area contributed by atoms with Crippen LogP contribution in [0.25, 0.3) is 0 Å². The summed E-state index contributed by atoms with van der Waals surface area (Å²) in [6.07, 6.45) is 4.37. The monoisotopic (exact) mass is 384 g/mol. The first-order valence-electron chi connectivity index (χ1n) is 10.2. The minimum atomic E-state index is -1.30. The van der Waals surface area contributed by atoms with E-state index in [0.29, 0.717) is 18.7 Å². The van der Waals surface area contributed by atoms with Gasteiger partial charge in [-0.15, -0.1) is 0 Å². The number of Topliss-reactive ketones (excluding diaryl/α,β-unsaturated/α-hetero) is 1. The van der Waals surface area contributed by atoms with Gasteiger partial charge in [-0.1, -0.05) is 0 Å². The van der Waals surface area contributed by atoms with Crippen LogP contribution in [-0.4, -0.2) is 49.8 Å². The predicted octanol–water partition coefficient (Wildman–Crippen LogP) is 1.30. The van der Waals surface area contributed by atoms with Gasteiger partial charge in [0.25, 0.3) is 0 Å². The van der Waals surface area contributed by atoms with E-state index < -0.39 is 23.1 Å². The predicted molar refractivity (Wildman–Crippen MR) is 107 cm³/mol. The highest BCUT2D eigenvalue weighted by Gasteiger charge is 2.54. The molecule has 150 valence electrons. The zero-order valence-electron chi connectivity index (χ0n) is 16.3. The molecule has 28 heavy (non-hydrogen) atoms. The molecule has 0 aromatic heterocycles. The van der Waals surface area contributed by atoms with Crippen molar-refractivity contribution in [3.8, 4) is 0 Å². The van der Waals surface area contributed by atoms with Crippen LogP contribution in [0, 0.1) is 11.3 Å². The molecule has 1 aromatic rings. The number of rotatable bonds is 3. The Hall–Kier alpha value is -2.41. The molecule has 1 aromatic carbocycles. The minimum absolute atomic E-state index is 0.207. The molecular formula is C21H28N4O3. The molecule has 7 nitrogen and oxygen atoms in total. The molecule has 0 saturated carbocycles. The third-order valence-electron chi connectivity index (χ3n) is 6.39. The van der Waals surface area contributed by atoms with Crippen LogP contribution < -0.4 is 20.9 Å². The van der Waals surface area contributed by atoms with Gasteiger partial charge in [-0.2, -0.15) is 0 Å². The van der Waals surface area contributed by atoms with E-state index in [2.05, 4.69) is 20.9 Å². The Morgan fingerprint density at radius 3 is 2.57 bits per heavy atom. The van der Waals surface area contributed by atoms with E-state index in [1.165, 1.54) is 19.3 Å². The summed E-state index contributed by atoms with van der Waals surface area (Å²) in [5, 5.41) is 8.85. The number of ketones is 1. The third-order valence-corrected chi connectivity index (χ3v) is 6.39. The molecule has 0 bridgehead atoms. The second-order valence-electron chi connectivity index (χ2n) is 8.33. The molecule has 7 heteroatoms. The van der Waals surface area contributed by atoms with Gasteiger partial charge >= 0.3 is 0 Å². The number of piperidine rings is 3. The van der Waals surface area contributed by atoms with Crippen molar-refractivity contribution in [1.29, 1.82) is 0 Å². The van der Waals surface area contributed by atoms with Crippen LogP contribution in [0.15, 0.2) is 24.3 Å². The summed E-state index contributed by atoms with van der Waals surface area (Å²) in [5.74, 6) is -2.64. The fourth-order valence-electron chi connectivity index (χ4n) is 4.59. The van der Waals surface area contributed by atoms with E-state index in [4.69, 9.17) is 0 Å². The van der Waals surface area contributed by atoms with Crippen molar-refractivity contribution in [3.63, 3.8) is 0 Å². The van der Waals surface area contributed by atoms with Crippen LogP contribution >= 0.6 is 0 Å². The van der Waals surface area contributed by atoms with E-state index >= 15 is 0 Å². The van der Waals surface area contributed by atoms with Crippen molar-refractivity contribution in [2.24, 2.45) is 11.3 Å². The van der Waals surface area contributed by atoms with Gasteiger partial charge in [0, 0.05) is 37.1 Å². The lowest BCUT2D eigenvalue weighted by Gasteiger charge is -2.45. The lowest BCUT2D eigenvalue weighted by atomic mass is 9.67. The normalized spacial score (nSPS) is 30.4. The van der Waals surface area contributed by atoms with Gasteiger partial charge in [-0.3, -0.25) is 14.4 Å². The molecule has 0 spiro atoms. The lowest BCUT2D eigenvalue weighted by Crippen LogP contribution is -2.68. The summed E-state index contributed by atoms with van der Waals surface area (Å²) >= 11 is 0. The first-order valence-corrected chi connectivity index (χ1v) is 10.2. The number of amides is 2. The fourth-order valence-corrected chi connectivity index (χ4v) is 4.59. The number of carbonyl (C=O) groups is 3. The quantitative estimate of drug-likeness (QED) is 0.684. The van der Waals surface area contributed by atoms with Gasteiger partial charge < -0.3 is 20.9 Å². The van der Waals surface area contributed by atoms with Crippen molar-refractivity contribution in [2.75, 3.05) is 36.4 Å². The average molecular weight is 384 g/mol. The zero-order valence-corrected chi connectivity index (χ0v) is 16.3. The largest absolute Gasteiger partial charge is 0.372 e. The standard InChI is InChI=1S/C21H28N4O3/c1-21-13-22-10-9-16(21)24-20(28)17(18(21)26)19(27)23-14-5-7-15(8-6-14)25-11-3-2-4-12-25/h5-8,16-17,22H,2-4,9-13H2,1H3,(H,23,27)(H,24,28). The molecule has 3 fully saturated rings. The molecule has 0 aliphatic carbocycles. The number of hydrogen-bond donors (Lipinski definition) is 3. The highest BCUT2D eigenvalue weighted by Crippen LogP contribution is 2.34. The lowest BCUT2D eigenvalue weighted by molar-refractivity contribution is -0.151. The summed E-state index contributed by atoms with van der Waals surface area (Å²) in [6, 6.07) is 7.42. The van der Waals surface area contributed by atoms with Crippen LogP contribution in [0.5, 0.6) is 0 Å². The molecule has 3 unspecified atom stereocenters. The Labute approximate surface area is 165 Å². The van der Waals surface area contributed by atoms with Crippen LogP contribution in [0.4, 0.5) is 11.4 Å². The maximum absolute atomic E-state index is 13.0. The Bertz CT molecular complexity index is 772. The van der Waals surface area contributed by atoms with Gasteiger partial charge in [0.05, 0.1) is 5.41 Å². The van der Waals surface area contributed by atoms with E-state index in [-0.39, 0.29) is 11.8 Å². The van der Waals surface area contributed by atoms with Crippen molar-refractivity contribution in [1.82, 2.24) is 10.6 Å². The smallest absolute Gasteiger partial charge is 0.244 e. The number of benzene rings is 1. The van der Waals surface area contributed by atoms with E-state index in [9.17, 15) is 14.4 Å². The second-order valence-corrected chi connectivity index (χ2v) is 8.33. The molecule has 3 saturated heterocycles. The summed E-state index contributed by atoms with van der Waals surface area (Å²) < 4.78 is 0. The maximum Gasteiger partial charge on any atom is 0.244 e. The highest BCUT2D eigenvalue weighted by molar-refractivity contribution is 6.24. The summed E-state index contributed by atoms with van der Waals surface area (Å²) in [4.78, 5) is 40.6. The highest BCUT2D eigenvalue weighted by atomic mass is 16.2. The summed E-state index contributed by atoms with van der Waals surface area (Å²) in [6.45, 7) is 5.17. The average Bonchev–Trinajstić information content (AvgIpc) is 2.70. The minimum Gasteiger partial charge on any atom is -0.372 e. The van der Waals surface area contributed by atoms with E-state index in [1.807, 2.05) is 31.2 Å².